The van der Waals surface area contributed by atoms with Crippen LogP contribution >= 0.6 is 11.3 Å². The second-order valence-electron chi connectivity index (χ2n) is 4.52. The molecule has 0 spiro atoms. The van der Waals surface area contributed by atoms with Crippen molar-refractivity contribution in [2.24, 2.45) is 0 Å². The quantitative estimate of drug-likeness (QED) is 0.881. The van der Waals surface area contributed by atoms with Crippen molar-refractivity contribution in [3.05, 3.63) is 45.6 Å². The van der Waals surface area contributed by atoms with Gasteiger partial charge in [0.05, 0.1) is 16.3 Å². The van der Waals surface area contributed by atoms with Crippen molar-refractivity contribution in [3.63, 3.8) is 0 Å². The van der Waals surface area contributed by atoms with Gasteiger partial charge in [-0.1, -0.05) is 13.0 Å². The van der Waals surface area contributed by atoms with Gasteiger partial charge in [0, 0.05) is 9.75 Å². The third kappa shape index (κ3) is 3.16. The summed E-state index contributed by atoms with van der Waals surface area (Å²) in [6.45, 7) is 3.95. The van der Waals surface area contributed by atoms with E-state index >= 15 is 0 Å². The third-order valence-electron chi connectivity index (χ3n) is 2.90. The van der Waals surface area contributed by atoms with E-state index in [4.69, 9.17) is 5.73 Å². The zero-order valence-electron chi connectivity index (χ0n) is 11.0. The molecule has 2 aromatic rings. The van der Waals surface area contributed by atoms with Crippen LogP contribution in [0.1, 0.15) is 22.2 Å². The summed E-state index contributed by atoms with van der Waals surface area (Å²) in [5.74, 6) is 0.0188. The minimum absolute atomic E-state index is 0.0188. The van der Waals surface area contributed by atoms with Crippen molar-refractivity contribution in [2.45, 2.75) is 30.9 Å². The maximum Gasteiger partial charge on any atom is 0.185 e. The molecule has 0 saturated carbocycles. The molecule has 5 heteroatoms. The van der Waals surface area contributed by atoms with Crippen molar-refractivity contribution >= 4 is 26.9 Å². The molecule has 2 N–H and O–H groups in total. The summed E-state index contributed by atoms with van der Waals surface area (Å²) in [6, 6.07) is 8.92. The summed E-state index contributed by atoms with van der Waals surface area (Å²) in [7, 11) is -3.37. The Morgan fingerprint density at radius 3 is 2.42 bits per heavy atom. The molecule has 1 aromatic carbocycles. The molecule has 0 amide bonds. The fourth-order valence-corrected chi connectivity index (χ4v) is 4.68. The molecule has 0 aliphatic rings. The molecule has 1 heterocycles. The normalized spacial score (nSPS) is 11.7. The average Bonchev–Trinajstić information content (AvgIpc) is 2.75. The molecule has 102 valence electrons. The van der Waals surface area contributed by atoms with E-state index in [2.05, 4.69) is 6.92 Å². The van der Waals surface area contributed by atoms with Crippen LogP contribution in [0.3, 0.4) is 0 Å². The highest BCUT2D eigenvalue weighted by Crippen LogP contribution is 2.26. The van der Waals surface area contributed by atoms with Crippen LogP contribution in [0.5, 0.6) is 0 Å². The molecule has 2 rings (SSSR count). The van der Waals surface area contributed by atoms with Crippen molar-refractivity contribution in [1.29, 1.82) is 0 Å². The lowest BCUT2D eigenvalue weighted by atomic mass is 10.2. The van der Waals surface area contributed by atoms with E-state index in [0.29, 0.717) is 5.69 Å². The Balaban J connectivity index is 2.32. The molecule has 0 aliphatic carbocycles. The first-order valence-corrected chi connectivity index (χ1v) is 8.55. The number of hydrogen-bond acceptors (Lipinski definition) is 4. The molecule has 0 radical (unpaired) electrons. The first-order chi connectivity index (χ1) is 8.92. The lowest BCUT2D eigenvalue weighted by molar-refractivity contribution is 0.596. The minimum atomic E-state index is -3.37. The summed E-state index contributed by atoms with van der Waals surface area (Å²) >= 11 is 1.54. The molecular weight excluding hydrogens is 278 g/mol. The number of anilines is 1. The number of sulfone groups is 1. The average molecular weight is 295 g/mol. The molecule has 1 aromatic heterocycles. The summed E-state index contributed by atoms with van der Waals surface area (Å²) < 4.78 is 24.7. The Hall–Kier alpha value is -1.33. The van der Waals surface area contributed by atoms with E-state index in [1.54, 1.807) is 29.5 Å². The Bertz CT molecular complexity index is 687. The molecule has 0 saturated heterocycles. The maximum atomic E-state index is 12.4. The molecular formula is C14H17NO2S2. The molecule has 3 nitrogen and oxygen atoms in total. The highest BCUT2D eigenvalue weighted by molar-refractivity contribution is 7.91. The van der Waals surface area contributed by atoms with Crippen molar-refractivity contribution in [3.8, 4) is 0 Å². The van der Waals surface area contributed by atoms with Gasteiger partial charge in [-0.3, -0.25) is 0 Å². The van der Waals surface area contributed by atoms with Crippen LogP contribution in [0.15, 0.2) is 35.2 Å². The molecule has 0 fully saturated rings. The van der Waals surface area contributed by atoms with Crippen molar-refractivity contribution in [2.75, 3.05) is 5.73 Å². The van der Waals surface area contributed by atoms with Crippen LogP contribution in [-0.4, -0.2) is 8.42 Å². The zero-order valence-corrected chi connectivity index (χ0v) is 12.6. The Morgan fingerprint density at radius 2 is 1.84 bits per heavy atom. The smallest absolute Gasteiger partial charge is 0.185 e. The number of aryl methyl sites for hydroxylation is 2. The predicted molar refractivity (Wildman–Crippen MR) is 80.2 cm³/mol. The Morgan fingerprint density at radius 1 is 1.16 bits per heavy atom. The Labute approximate surface area is 118 Å². The van der Waals surface area contributed by atoms with Gasteiger partial charge in [-0.25, -0.2) is 8.42 Å². The topological polar surface area (TPSA) is 60.2 Å². The van der Waals surface area contributed by atoms with E-state index in [1.807, 2.05) is 19.1 Å². The van der Waals surface area contributed by atoms with Gasteiger partial charge in [-0.05, 0) is 43.2 Å². The van der Waals surface area contributed by atoms with Crippen LogP contribution in [0.25, 0.3) is 0 Å². The molecule has 0 aliphatic heterocycles. The molecule has 19 heavy (non-hydrogen) atoms. The fourth-order valence-electron chi connectivity index (χ4n) is 1.91. The SMILES string of the molecule is CCc1ccc(CS(=O)(=O)c2ccc(C)cc2N)s1. The fraction of sp³-hybridized carbons (Fsp3) is 0.286. The van der Waals surface area contributed by atoms with E-state index in [-0.39, 0.29) is 10.6 Å². The van der Waals surface area contributed by atoms with Crippen molar-refractivity contribution in [1.82, 2.24) is 0 Å². The number of hydrogen-bond donors (Lipinski definition) is 1. The summed E-state index contributed by atoms with van der Waals surface area (Å²) in [5, 5.41) is 0. The lowest BCUT2D eigenvalue weighted by Crippen LogP contribution is -2.07. The second kappa shape index (κ2) is 5.35. The predicted octanol–water partition coefficient (Wildman–Crippen LogP) is 3.18. The van der Waals surface area contributed by atoms with Crippen LogP contribution in [0, 0.1) is 6.92 Å². The van der Waals surface area contributed by atoms with Crippen LogP contribution in [-0.2, 0) is 22.0 Å². The highest BCUT2D eigenvalue weighted by atomic mass is 32.2. The zero-order chi connectivity index (χ0) is 14.0. The van der Waals surface area contributed by atoms with Gasteiger partial charge in [0.25, 0.3) is 0 Å². The summed E-state index contributed by atoms with van der Waals surface area (Å²) in [6.07, 6.45) is 0.928. The van der Waals surface area contributed by atoms with Gasteiger partial charge in [0.2, 0.25) is 0 Å². The second-order valence-corrected chi connectivity index (χ2v) is 7.73. The highest BCUT2D eigenvalue weighted by Gasteiger charge is 2.19. The first-order valence-electron chi connectivity index (χ1n) is 6.09. The maximum absolute atomic E-state index is 12.4. The van der Waals surface area contributed by atoms with E-state index in [9.17, 15) is 8.42 Å². The number of nitrogen functional groups attached to an aromatic ring is 1. The van der Waals surface area contributed by atoms with E-state index in [1.165, 1.54) is 4.88 Å². The van der Waals surface area contributed by atoms with Crippen LogP contribution in [0.2, 0.25) is 0 Å². The largest absolute Gasteiger partial charge is 0.398 e. The van der Waals surface area contributed by atoms with Crippen LogP contribution < -0.4 is 5.73 Å². The number of thiophene rings is 1. The molecule has 0 unspecified atom stereocenters. The monoisotopic (exact) mass is 295 g/mol. The molecule has 0 bridgehead atoms. The first kappa shape index (κ1) is 14.1. The minimum Gasteiger partial charge on any atom is -0.398 e. The standard InChI is InChI=1S/C14H17NO2S2/c1-3-11-5-6-12(18-11)9-19(16,17)14-7-4-10(2)8-13(14)15/h4-8H,3,9,15H2,1-2H3. The van der Waals surface area contributed by atoms with Crippen LogP contribution in [0.4, 0.5) is 5.69 Å². The summed E-state index contributed by atoms with van der Waals surface area (Å²) in [4.78, 5) is 2.28. The van der Waals surface area contributed by atoms with Gasteiger partial charge in [-0.15, -0.1) is 11.3 Å². The van der Waals surface area contributed by atoms with Gasteiger partial charge >= 0.3 is 0 Å². The third-order valence-corrected chi connectivity index (χ3v) is 6.04. The van der Waals surface area contributed by atoms with E-state index in [0.717, 1.165) is 16.9 Å². The number of rotatable bonds is 4. The number of benzene rings is 1. The lowest BCUT2D eigenvalue weighted by Gasteiger charge is -2.07. The van der Waals surface area contributed by atoms with Gasteiger partial charge in [-0.2, -0.15) is 0 Å². The Kier molecular flexibility index (Phi) is 3.96. The van der Waals surface area contributed by atoms with Gasteiger partial charge < -0.3 is 5.73 Å². The van der Waals surface area contributed by atoms with Crippen molar-refractivity contribution < 1.29 is 8.42 Å². The summed E-state index contributed by atoms with van der Waals surface area (Å²) in [5.41, 5.74) is 7.10. The van der Waals surface area contributed by atoms with Gasteiger partial charge in [0.1, 0.15) is 0 Å². The number of nitrogens with two attached hydrogens (primary N) is 1. The molecule has 0 atom stereocenters. The van der Waals surface area contributed by atoms with Gasteiger partial charge in [0.15, 0.2) is 9.84 Å². The van der Waals surface area contributed by atoms with E-state index < -0.39 is 9.84 Å².